The molecule has 0 bridgehead atoms. The Bertz CT molecular complexity index is 343. The third kappa shape index (κ3) is 2.80. The highest BCUT2D eigenvalue weighted by Gasteiger charge is 2.05. The number of aromatic nitrogens is 2. The van der Waals surface area contributed by atoms with E-state index >= 15 is 0 Å². The lowest BCUT2D eigenvalue weighted by Gasteiger charge is -2.04. The van der Waals surface area contributed by atoms with Gasteiger partial charge in [0.15, 0.2) is 11.6 Å². The van der Waals surface area contributed by atoms with Gasteiger partial charge in [-0.05, 0) is 20.8 Å². The van der Waals surface area contributed by atoms with Crippen LogP contribution in [0.1, 0.15) is 19.5 Å². The minimum atomic E-state index is -0.380. The first-order valence-corrected chi connectivity index (χ1v) is 4.45. The molecule has 4 heteroatoms. The van der Waals surface area contributed by atoms with Crippen LogP contribution in [-0.2, 0) is 0 Å². The molecule has 0 aliphatic heterocycles. The Labute approximate surface area is 83.1 Å². The molecule has 0 aliphatic rings. The molecule has 14 heavy (non-hydrogen) atoms. The van der Waals surface area contributed by atoms with E-state index in [4.69, 9.17) is 0 Å². The summed E-state index contributed by atoms with van der Waals surface area (Å²) in [6.07, 6.45) is 3.32. The molecule has 1 aromatic heterocycles. The number of halogens is 1. The Kier molecular flexibility index (Phi) is 3.56. The Morgan fingerprint density at radius 3 is 2.86 bits per heavy atom. The average Bonchev–Trinajstić information content (AvgIpc) is 2.12. The lowest BCUT2D eigenvalue weighted by atomic mass is 10.3. The number of anilines is 1. The molecule has 0 spiro atoms. The molecule has 3 nitrogen and oxygen atoms in total. The fourth-order valence-corrected chi connectivity index (χ4v) is 0.933. The van der Waals surface area contributed by atoms with Crippen molar-refractivity contribution in [1.29, 1.82) is 0 Å². The summed E-state index contributed by atoms with van der Waals surface area (Å²) in [5, 5.41) is 2.88. The minimum Gasteiger partial charge on any atom is -0.364 e. The molecule has 0 saturated carbocycles. The highest BCUT2D eigenvalue weighted by molar-refractivity contribution is 5.37. The Morgan fingerprint density at radius 1 is 1.50 bits per heavy atom. The molecule has 0 amide bonds. The molecule has 0 aliphatic carbocycles. The SMILES string of the molecule is CC(C)=CCNc1ncnc(C)c1F. The van der Waals surface area contributed by atoms with Crippen LogP contribution < -0.4 is 5.32 Å². The van der Waals surface area contributed by atoms with Crippen LogP contribution in [0.4, 0.5) is 10.2 Å². The molecule has 0 atom stereocenters. The highest BCUT2D eigenvalue weighted by Crippen LogP contribution is 2.10. The third-order valence-corrected chi connectivity index (χ3v) is 1.74. The van der Waals surface area contributed by atoms with Crippen LogP contribution in [-0.4, -0.2) is 16.5 Å². The largest absolute Gasteiger partial charge is 0.364 e. The van der Waals surface area contributed by atoms with Crippen molar-refractivity contribution in [3.8, 4) is 0 Å². The molecule has 0 saturated heterocycles. The van der Waals surface area contributed by atoms with Crippen molar-refractivity contribution in [3.63, 3.8) is 0 Å². The first kappa shape index (κ1) is 10.6. The Hall–Kier alpha value is -1.45. The second-order valence-corrected chi connectivity index (χ2v) is 3.28. The van der Waals surface area contributed by atoms with Crippen LogP contribution in [0.5, 0.6) is 0 Å². The molecule has 0 fully saturated rings. The van der Waals surface area contributed by atoms with Gasteiger partial charge in [-0.2, -0.15) is 0 Å². The maximum absolute atomic E-state index is 13.3. The number of nitrogens with one attached hydrogen (secondary N) is 1. The van der Waals surface area contributed by atoms with Crippen LogP contribution in [0.15, 0.2) is 18.0 Å². The normalized spacial score (nSPS) is 9.71. The third-order valence-electron chi connectivity index (χ3n) is 1.74. The summed E-state index contributed by atoms with van der Waals surface area (Å²) in [6.45, 7) is 6.17. The molecule has 0 aromatic carbocycles. The van der Waals surface area contributed by atoms with E-state index in [9.17, 15) is 4.39 Å². The maximum Gasteiger partial charge on any atom is 0.186 e. The smallest absolute Gasteiger partial charge is 0.186 e. The van der Waals surface area contributed by atoms with E-state index in [-0.39, 0.29) is 11.6 Å². The standard InChI is InChI=1S/C10H14FN3/c1-7(2)4-5-12-10-9(11)8(3)13-6-14-10/h4,6H,5H2,1-3H3,(H,12,13,14). The zero-order valence-electron chi connectivity index (χ0n) is 8.63. The predicted octanol–water partition coefficient (Wildman–Crippen LogP) is 2.30. The molecule has 76 valence electrons. The van der Waals surface area contributed by atoms with E-state index in [1.807, 2.05) is 19.9 Å². The summed E-state index contributed by atoms with van der Waals surface area (Å²) < 4.78 is 13.3. The highest BCUT2D eigenvalue weighted by atomic mass is 19.1. The number of aryl methyl sites for hydroxylation is 1. The summed E-state index contributed by atoms with van der Waals surface area (Å²) in [4.78, 5) is 7.55. The molecule has 1 rings (SSSR count). The fourth-order valence-electron chi connectivity index (χ4n) is 0.933. The maximum atomic E-state index is 13.3. The molecule has 1 heterocycles. The first-order valence-electron chi connectivity index (χ1n) is 4.45. The van der Waals surface area contributed by atoms with Crippen molar-refractivity contribution in [2.45, 2.75) is 20.8 Å². The van der Waals surface area contributed by atoms with Crippen molar-refractivity contribution in [2.75, 3.05) is 11.9 Å². The summed E-state index contributed by atoms with van der Waals surface area (Å²) in [7, 11) is 0. The van der Waals surface area contributed by atoms with Crippen LogP contribution in [0.25, 0.3) is 0 Å². The number of allylic oxidation sites excluding steroid dienone is 1. The van der Waals surface area contributed by atoms with Crippen molar-refractivity contribution in [2.24, 2.45) is 0 Å². The van der Waals surface area contributed by atoms with E-state index in [2.05, 4.69) is 15.3 Å². The Balaban J connectivity index is 2.68. The van der Waals surface area contributed by atoms with Gasteiger partial charge in [-0.3, -0.25) is 0 Å². The van der Waals surface area contributed by atoms with Gasteiger partial charge in [0, 0.05) is 6.54 Å². The predicted molar refractivity (Wildman–Crippen MR) is 54.6 cm³/mol. The van der Waals surface area contributed by atoms with Crippen LogP contribution in [0.3, 0.4) is 0 Å². The van der Waals surface area contributed by atoms with Crippen molar-refractivity contribution < 1.29 is 4.39 Å². The molecule has 1 N–H and O–H groups in total. The van der Waals surface area contributed by atoms with Crippen molar-refractivity contribution in [1.82, 2.24) is 9.97 Å². The Morgan fingerprint density at radius 2 is 2.21 bits per heavy atom. The summed E-state index contributed by atoms with van der Waals surface area (Å²) in [6, 6.07) is 0. The summed E-state index contributed by atoms with van der Waals surface area (Å²) in [5.41, 5.74) is 1.54. The molecule has 0 unspecified atom stereocenters. The molecule has 0 radical (unpaired) electrons. The van der Waals surface area contributed by atoms with Crippen LogP contribution in [0.2, 0.25) is 0 Å². The van der Waals surface area contributed by atoms with Gasteiger partial charge in [-0.1, -0.05) is 11.6 Å². The minimum absolute atomic E-state index is 0.259. The van der Waals surface area contributed by atoms with Gasteiger partial charge in [0.25, 0.3) is 0 Å². The van der Waals surface area contributed by atoms with Gasteiger partial charge in [-0.15, -0.1) is 0 Å². The van der Waals surface area contributed by atoms with Gasteiger partial charge in [-0.25, -0.2) is 14.4 Å². The lowest BCUT2D eigenvalue weighted by molar-refractivity contribution is 0.605. The van der Waals surface area contributed by atoms with Gasteiger partial charge >= 0.3 is 0 Å². The van der Waals surface area contributed by atoms with Gasteiger partial charge in [0.2, 0.25) is 0 Å². The topological polar surface area (TPSA) is 37.8 Å². The van der Waals surface area contributed by atoms with E-state index in [0.717, 1.165) is 0 Å². The number of hydrogen-bond donors (Lipinski definition) is 1. The number of hydrogen-bond acceptors (Lipinski definition) is 3. The van der Waals surface area contributed by atoms with E-state index in [0.29, 0.717) is 12.2 Å². The van der Waals surface area contributed by atoms with Crippen LogP contribution >= 0.6 is 0 Å². The molecular weight excluding hydrogens is 181 g/mol. The molecular formula is C10H14FN3. The van der Waals surface area contributed by atoms with Gasteiger partial charge < -0.3 is 5.32 Å². The lowest BCUT2D eigenvalue weighted by Crippen LogP contribution is -2.05. The number of nitrogens with zero attached hydrogens (tertiary/aromatic N) is 2. The van der Waals surface area contributed by atoms with Crippen molar-refractivity contribution in [3.05, 3.63) is 29.5 Å². The monoisotopic (exact) mass is 195 g/mol. The zero-order chi connectivity index (χ0) is 10.6. The second kappa shape index (κ2) is 4.69. The fraction of sp³-hybridized carbons (Fsp3) is 0.400. The van der Waals surface area contributed by atoms with E-state index in [1.54, 1.807) is 6.92 Å². The average molecular weight is 195 g/mol. The van der Waals surface area contributed by atoms with Crippen molar-refractivity contribution >= 4 is 5.82 Å². The first-order chi connectivity index (χ1) is 6.61. The van der Waals surface area contributed by atoms with Gasteiger partial charge in [0.1, 0.15) is 6.33 Å². The summed E-state index contributed by atoms with van der Waals surface area (Å²) in [5.74, 6) is -0.121. The molecule has 1 aromatic rings. The van der Waals surface area contributed by atoms with E-state index in [1.165, 1.54) is 11.9 Å². The second-order valence-electron chi connectivity index (χ2n) is 3.28. The van der Waals surface area contributed by atoms with Crippen LogP contribution in [0, 0.1) is 12.7 Å². The van der Waals surface area contributed by atoms with Gasteiger partial charge in [0.05, 0.1) is 5.69 Å². The zero-order valence-corrected chi connectivity index (χ0v) is 8.63. The summed E-state index contributed by atoms with van der Waals surface area (Å²) >= 11 is 0. The quantitative estimate of drug-likeness (QED) is 0.752. The van der Waals surface area contributed by atoms with E-state index < -0.39 is 0 Å². The number of rotatable bonds is 3.